The van der Waals surface area contributed by atoms with Crippen molar-refractivity contribution in [3.63, 3.8) is 0 Å². The van der Waals surface area contributed by atoms with E-state index in [0.29, 0.717) is 4.75 Å². The van der Waals surface area contributed by atoms with Crippen LogP contribution in [0, 0.1) is 0 Å². The van der Waals surface area contributed by atoms with Gasteiger partial charge in [-0.25, -0.2) is 0 Å². The molecule has 0 atom stereocenters. The average Bonchev–Trinajstić information content (AvgIpc) is 2.76. The van der Waals surface area contributed by atoms with Gasteiger partial charge in [0.1, 0.15) is 0 Å². The first kappa shape index (κ1) is 22.0. The van der Waals surface area contributed by atoms with Gasteiger partial charge in [-0.2, -0.15) is 11.8 Å². The second-order valence-electron chi connectivity index (χ2n) is 8.09. The fraction of sp³-hybridized carbons (Fsp3) is 0.652. The molecule has 5 nitrogen and oxygen atoms in total. The number of nitrogens with zero attached hydrogens (tertiary/aromatic N) is 3. The van der Waals surface area contributed by atoms with Crippen LogP contribution in [0.1, 0.15) is 61.9 Å². The number of aliphatic imine (C=N–C) groups is 1. The Morgan fingerprint density at radius 3 is 2.48 bits per heavy atom. The molecule has 1 aliphatic heterocycles. The maximum Gasteiger partial charge on any atom is 0.253 e. The van der Waals surface area contributed by atoms with Crippen molar-refractivity contribution in [2.24, 2.45) is 4.99 Å². The van der Waals surface area contributed by atoms with Crippen molar-refractivity contribution in [1.82, 2.24) is 15.1 Å². The molecule has 160 valence electrons. The first-order valence-corrected chi connectivity index (χ1v) is 12.1. The Kier molecular flexibility index (Phi) is 7.87. The van der Waals surface area contributed by atoms with Crippen molar-refractivity contribution < 1.29 is 4.79 Å². The minimum atomic E-state index is 0.105. The number of carbonyl (C=O) groups excluding carboxylic acids is 1. The number of hydrogen-bond acceptors (Lipinski definition) is 3. The van der Waals surface area contributed by atoms with Crippen LogP contribution in [0.25, 0.3) is 0 Å². The molecule has 0 unspecified atom stereocenters. The Balaban J connectivity index is 1.57. The molecular weight excluding hydrogens is 380 g/mol. The molecule has 0 radical (unpaired) electrons. The van der Waals surface area contributed by atoms with Crippen LogP contribution in [-0.4, -0.2) is 65.4 Å². The van der Waals surface area contributed by atoms with E-state index in [-0.39, 0.29) is 5.91 Å². The number of amides is 1. The highest BCUT2D eigenvalue weighted by molar-refractivity contribution is 8.00. The van der Waals surface area contributed by atoms with Crippen LogP contribution in [0.3, 0.4) is 0 Å². The van der Waals surface area contributed by atoms with Crippen LogP contribution in [0.2, 0.25) is 0 Å². The molecule has 0 bridgehead atoms. The smallest absolute Gasteiger partial charge is 0.253 e. The molecule has 0 aromatic heterocycles. The fourth-order valence-electron chi connectivity index (χ4n) is 4.50. The number of thioether (sulfide) groups is 1. The molecule has 1 saturated carbocycles. The largest absolute Gasteiger partial charge is 0.352 e. The number of nitrogens with one attached hydrogen (secondary N) is 1. The number of carbonyl (C=O) groups is 1. The highest BCUT2D eigenvalue weighted by Gasteiger charge is 2.38. The molecule has 1 spiro atoms. The van der Waals surface area contributed by atoms with Crippen LogP contribution in [0.5, 0.6) is 0 Å². The normalized spacial score (nSPS) is 19.3. The lowest BCUT2D eigenvalue weighted by atomic mass is 9.87. The SMILES string of the molecule is CCN(CC)C(=O)c1ccc(CNC(=NC)N2CCSC3(CCCCC3)C2)cc1. The third-order valence-corrected chi connectivity index (χ3v) is 7.76. The Bertz CT molecular complexity index is 688. The topological polar surface area (TPSA) is 47.9 Å². The molecule has 2 fully saturated rings. The second kappa shape index (κ2) is 10.4. The Morgan fingerprint density at radius 2 is 1.86 bits per heavy atom. The molecule has 1 N–H and O–H groups in total. The van der Waals surface area contributed by atoms with Gasteiger partial charge in [-0.3, -0.25) is 9.79 Å². The molecular formula is C23H36N4OS. The molecule has 3 rings (SSSR count). The zero-order valence-corrected chi connectivity index (χ0v) is 19.1. The lowest BCUT2D eigenvalue weighted by Gasteiger charge is -2.45. The minimum absolute atomic E-state index is 0.105. The summed E-state index contributed by atoms with van der Waals surface area (Å²) in [5, 5.41) is 3.54. The number of guanidine groups is 1. The van der Waals surface area contributed by atoms with Crippen molar-refractivity contribution in [3.8, 4) is 0 Å². The first-order valence-electron chi connectivity index (χ1n) is 11.1. The van der Waals surface area contributed by atoms with Gasteiger partial charge in [-0.1, -0.05) is 31.4 Å². The maximum atomic E-state index is 12.5. The Labute approximate surface area is 180 Å². The van der Waals surface area contributed by atoms with Gasteiger partial charge in [0.25, 0.3) is 5.91 Å². The van der Waals surface area contributed by atoms with Crippen LogP contribution >= 0.6 is 11.8 Å². The van der Waals surface area contributed by atoms with E-state index >= 15 is 0 Å². The molecule has 1 saturated heterocycles. The van der Waals surface area contributed by atoms with E-state index in [2.05, 4.69) is 27.0 Å². The molecule has 2 aliphatic rings. The van der Waals surface area contributed by atoms with Gasteiger partial charge in [-0.05, 0) is 44.4 Å². The summed E-state index contributed by atoms with van der Waals surface area (Å²) in [7, 11) is 1.88. The zero-order valence-electron chi connectivity index (χ0n) is 18.2. The first-order chi connectivity index (χ1) is 14.1. The van der Waals surface area contributed by atoms with Gasteiger partial charge in [0, 0.05) is 55.8 Å². The van der Waals surface area contributed by atoms with Gasteiger partial charge in [-0.15, -0.1) is 0 Å². The average molecular weight is 417 g/mol. The van der Waals surface area contributed by atoms with Crippen molar-refractivity contribution in [3.05, 3.63) is 35.4 Å². The van der Waals surface area contributed by atoms with Gasteiger partial charge in [0.2, 0.25) is 0 Å². The van der Waals surface area contributed by atoms with Crippen molar-refractivity contribution in [2.45, 2.75) is 57.2 Å². The predicted octanol–water partition coefficient (Wildman–Crippen LogP) is 4.00. The van der Waals surface area contributed by atoms with Gasteiger partial charge in [0.05, 0.1) is 0 Å². The van der Waals surface area contributed by atoms with E-state index < -0.39 is 0 Å². The summed E-state index contributed by atoms with van der Waals surface area (Å²) in [6.45, 7) is 8.40. The quantitative estimate of drug-likeness (QED) is 0.582. The summed E-state index contributed by atoms with van der Waals surface area (Å²) in [4.78, 5) is 21.3. The summed E-state index contributed by atoms with van der Waals surface area (Å²) in [5.74, 6) is 2.29. The third-order valence-electron chi connectivity index (χ3n) is 6.23. The lowest BCUT2D eigenvalue weighted by Crippen LogP contribution is -2.53. The van der Waals surface area contributed by atoms with Gasteiger partial charge >= 0.3 is 0 Å². The monoisotopic (exact) mass is 416 g/mol. The summed E-state index contributed by atoms with van der Waals surface area (Å²) in [6.07, 6.45) is 6.80. The molecule has 1 aromatic carbocycles. The second-order valence-corrected chi connectivity index (χ2v) is 9.65. The summed E-state index contributed by atoms with van der Waals surface area (Å²) in [6, 6.07) is 7.97. The molecule has 29 heavy (non-hydrogen) atoms. The van der Waals surface area contributed by atoms with Crippen LogP contribution < -0.4 is 5.32 Å². The Morgan fingerprint density at radius 1 is 1.17 bits per heavy atom. The van der Waals surface area contributed by atoms with E-state index in [0.717, 1.165) is 44.2 Å². The molecule has 1 amide bonds. The van der Waals surface area contributed by atoms with E-state index in [4.69, 9.17) is 0 Å². The van der Waals surface area contributed by atoms with Crippen LogP contribution in [0.15, 0.2) is 29.3 Å². The highest BCUT2D eigenvalue weighted by Crippen LogP contribution is 2.42. The molecule has 1 aliphatic carbocycles. The van der Waals surface area contributed by atoms with Crippen LogP contribution in [-0.2, 0) is 6.54 Å². The summed E-state index contributed by atoms with van der Waals surface area (Å²) < 4.78 is 0.431. The highest BCUT2D eigenvalue weighted by atomic mass is 32.2. The summed E-state index contributed by atoms with van der Waals surface area (Å²) >= 11 is 2.18. The van der Waals surface area contributed by atoms with Crippen molar-refractivity contribution in [2.75, 3.05) is 39.0 Å². The standard InChI is InChI=1S/C23H36N4OS/c1-4-26(5-2)21(28)20-11-9-19(10-12-20)17-25-22(24-3)27-15-16-29-23(18-27)13-7-6-8-14-23/h9-12H,4-8,13-18H2,1-3H3,(H,24,25). The van der Waals surface area contributed by atoms with E-state index in [1.807, 2.05) is 50.1 Å². The van der Waals surface area contributed by atoms with E-state index in [1.165, 1.54) is 43.4 Å². The minimum Gasteiger partial charge on any atom is -0.352 e. The lowest BCUT2D eigenvalue weighted by molar-refractivity contribution is 0.0773. The third kappa shape index (κ3) is 5.47. The maximum absolute atomic E-state index is 12.5. The number of benzene rings is 1. The Hall–Kier alpha value is -1.69. The fourth-order valence-corrected chi connectivity index (χ4v) is 6.07. The predicted molar refractivity (Wildman–Crippen MR) is 124 cm³/mol. The molecule has 1 aromatic rings. The molecule has 6 heteroatoms. The van der Waals surface area contributed by atoms with Gasteiger partial charge in [0.15, 0.2) is 5.96 Å². The zero-order chi connectivity index (χ0) is 20.7. The van der Waals surface area contributed by atoms with E-state index in [9.17, 15) is 4.79 Å². The number of rotatable bonds is 5. The van der Waals surface area contributed by atoms with Crippen molar-refractivity contribution in [1.29, 1.82) is 0 Å². The van der Waals surface area contributed by atoms with E-state index in [1.54, 1.807) is 0 Å². The van der Waals surface area contributed by atoms with Crippen LogP contribution in [0.4, 0.5) is 0 Å². The summed E-state index contributed by atoms with van der Waals surface area (Å²) in [5.41, 5.74) is 1.93. The van der Waals surface area contributed by atoms with Crippen molar-refractivity contribution >= 4 is 23.6 Å². The number of hydrogen-bond donors (Lipinski definition) is 1. The van der Waals surface area contributed by atoms with Gasteiger partial charge < -0.3 is 15.1 Å². The molecule has 1 heterocycles.